The lowest BCUT2D eigenvalue weighted by Crippen LogP contribution is -2.52. The number of halogens is 4. The summed E-state index contributed by atoms with van der Waals surface area (Å²) in [5.41, 5.74) is 0.496. The number of hydrogen-bond donors (Lipinski definition) is 0. The van der Waals surface area contributed by atoms with Gasteiger partial charge in [0.25, 0.3) is 0 Å². The van der Waals surface area contributed by atoms with Gasteiger partial charge in [0.15, 0.2) is 0 Å². The Bertz CT molecular complexity index is 518. The van der Waals surface area contributed by atoms with Crippen molar-refractivity contribution >= 4 is 15.9 Å². The molecule has 1 aromatic carbocycles. The van der Waals surface area contributed by atoms with Gasteiger partial charge in [0, 0.05) is 0 Å². The Balaban J connectivity index is 1.69. The SMILES string of the molecule is FC(F)(F)c1ccc(C2(Br)C3CC4CC(C3)CC2C4)cc1. The molecule has 4 fully saturated rings. The van der Waals surface area contributed by atoms with Crippen LogP contribution in [0.3, 0.4) is 0 Å². The predicted octanol–water partition coefficient (Wildman–Crippen LogP) is 5.75. The number of alkyl halides is 4. The topological polar surface area (TPSA) is 0 Å². The van der Waals surface area contributed by atoms with Crippen LogP contribution in [0.5, 0.6) is 0 Å². The minimum Gasteiger partial charge on any atom is -0.166 e. The normalized spacial score (nSPS) is 41.5. The van der Waals surface area contributed by atoms with Gasteiger partial charge in [0.2, 0.25) is 0 Å². The Morgan fingerprint density at radius 1 is 0.857 bits per heavy atom. The fourth-order valence-electron chi connectivity index (χ4n) is 5.26. The van der Waals surface area contributed by atoms with E-state index in [0.29, 0.717) is 11.8 Å². The summed E-state index contributed by atoms with van der Waals surface area (Å²) >= 11 is 3.99. The van der Waals surface area contributed by atoms with Crippen LogP contribution < -0.4 is 0 Å². The second-order valence-electron chi connectivity index (χ2n) is 7.15. The second-order valence-corrected chi connectivity index (χ2v) is 8.46. The van der Waals surface area contributed by atoms with E-state index in [1.54, 1.807) is 12.1 Å². The standard InChI is InChI=1S/C17H18BrF3/c18-16(12-1-3-13(4-2-12)17(19,20)21)14-6-10-5-11(8-14)9-15(16)7-10/h1-4,10-11,14-15H,5-9H2. The van der Waals surface area contributed by atoms with E-state index in [4.69, 9.17) is 0 Å². The van der Waals surface area contributed by atoms with Gasteiger partial charge in [-0.1, -0.05) is 28.1 Å². The summed E-state index contributed by atoms with van der Waals surface area (Å²) in [5.74, 6) is 2.89. The summed E-state index contributed by atoms with van der Waals surface area (Å²) in [7, 11) is 0. The van der Waals surface area contributed by atoms with Crippen LogP contribution >= 0.6 is 15.9 Å². The molecule has 21 heavy (non-hydrogen) atoms. The first kappa shape index (κ1) is 14.1. The molecule has 0 spiro atoms. The molecule has 0 saturated heterocycles. The molecule has 4 aliphatic carbocycles. The van der Waals surface area contributed by atoms with Gasteiger partial charge >= 0.3 is 6.18 Å². The van der Waals surface area contributed by atoms with E-state index < -0.39 is 11.7 Å². The van der Waals surface area contributed by atoms with E-state index in [1.807, 2.05) is 0 Å². The minimum atomic E-state index is -4.25. The molecular weight excluding hydrogens is 341 g/mol. The first-order valence-electron chi connectivity index (χ1n) is 7.74. The molecule has 0 heterocycles. The van der Waals surface area contributed by atoms with E-state index in [2.05, 4.69) is 15.9 Å². The van der Waals surface area contributed by atoms with Gasteiger partial charge in [0.05, 0.1) is 9.89 Å². The molecule has 4 heteroatoms. The highest BCUT2D eigenvalue weighted by Crippen LogP contribution is 2.65. The third kappa shape index (κ3) is 2.08. The maximum Gasteiger partial charge on any atom is 0.416 e. The van der Waals surface area contributed by atoms with Crippen LogP contribution in [0.25, 0.3) is 0 Å². The highest BCUT2D eigenvalue weighted by Gasteiger charge is 2.56. The maximum absolute atomic E-state index is 12.7. The molecule has 4 saturated carbocycles. The predicted molar refractivity (Wildman–Crippen MR) is 79.1 cm³/mol. The molecule has 0 N–H and O–H groups in total. The molecule has 4 aliphatic rings. The molecule has 0 amide bonds. The third-order valence-electron chi connectivity index (χ3n) is 5.98. The van der Waals surface area contributed by atoms with Crippen molar-refractivity contribution in [3.05, 3.63) is 35.4 Å². The molecule has 114 valence electrons. The molecule has 5 rings (SSSR count). The van der Waals surface area contributed by atoms with E-state index in [9.17, 15) is 13.2 Å². The molecule has 0 aromatic heterocycles. The Labute approximate surface area is 131 Å². The third-order valence-corrected chi connectivity index (χ3v) is 7.73. The van der Waals surface area contributed by atoms with Crippen molar-refractivity contribution < 1.29 is 13.2 Å². The zero-order valence-corrected chi connectivity index (χ0v) is 13.3. The quantitative estimate of drug-likeness (QED) is 0.560. The Morgan fingerprint density at radius 2 is 1.33 bits per heavy atom. The number of hydrogen-bond acceptors (Lipinski definition) is 0. The van der Waals surface area contributed by atoms with Crippen LogP contribution in [0, 0.1) is 23.7 Å². The molecular formula is C17H18BrF3. The van der Waals surface area contributed by atoms with Crippen molar-refractivity contribution in [2.75, 3.05) is 0 Å². The van der Waals surface area contributed by atoms with Crippen molar-refractivity contribution in [2.24, 2.45) is 23.7 Å². The van der Waals surface area contributed by atoms with Gasteiger partial charge in [-0.05, 0) is 73.5 Å². The maximum atomic E-state index is 12.7. The molecule has 0 aliphatic heterocycles. The first-order valence-corrected chi connectivity index (χ1v) is 8.53. The molecule has 0 atom stereocenters. The van der Waals surface area contributed by atoms with Crippen LogP contribution in [-0.2, 0) is 10.5 Å². The van der Waals surface area contributed by atoms with Gasteiger partial charge in [0.1, 0.15) is 0 Å². The van der Waals surface area contributed by atoms with Crippen LogP contribution in [0.2, 0.25) is 0 Å². The van der Waals surface area contributed by atoms with Crippen LogP contribution in [-0.4, -0.2) is 0 Å². The summed E-state index contributed by atoms with van der Waals surface area (Å²) < 4.78 is 38.1. The Morgan fingerprint density at radius 3 is 1.76 bits per heavy atom. The monoisotopic (exact) mass is 358 g/mol. The lowest BCUT2D eigenvalue weighted by atomic mass is 9.50. The van der Waals surface area contributed by atoms with Crippen LogP contribution in [0.4, 0.5) is 13.2 Å². The number of benzene rings is 1. The van der Waals surface area contributed by atoms with Crippen LogP contribution in [0.15, 0.2) is 24.3 Å². The average molecular weight is 359 g/mol. The van der Waals surface area contributed by atoms with Gasteiger partial charge in [-0.15, -0.1) is 0 Å². The zero-order valence-electron chi connectivity index (χ0n) is 11.7. The van der Waals surface area contributed by atoms with Crippen molar-refractivity contribution in [2.45, 2.75) is 42.6 Å². The zero-order chi connectivity index (χ0) is 14.8. The first-order chi connectivity index (χ1) is 9.87. The molecule has 1 aromatic rings. The lowest BCUT2D eigenvalue weighted by Gasteiger charge is -2.59. The van der Waals surface area contributed by atoms with Gasteiger partial charge in [-0.25, -0.2) is 0 Å². The van der Waals surface area contributed by atoms with E-state index >= 15 is 0 Å². The average Bonchev–Trinajstić information content (AvgIpc) is 2.43. The van der Waals surface area contributed by atoms with Gasteiger partial charge < -0.3 is 0 Å². The summed E-state index contributed by atoms with van der Waals surface area (Å²) in [5, 5.41) is 0. The fourth-order valence-corrected chi connectivity index (χ4v) is 6.27. The summed E-state index contributed by atoms with van der Waals surface area (Å²) in [4.78, 5) is 0. The number of rotatable bonds is 1. The van der Waals surface area contributed by atoms with E-state index in [1.165, 1.54) is 44.2 Å². The molecule has 0 radical (unpaired) electrons. The largest absolute Gasteiger partial charge is 0.416 e. The highest BCUT2D eigenvalue weighted by molar-refractivity contribution is 9.09. The van der Waals surface area contributed by atoms with Crippen LogP contribution in [0.1, 0.15) is 43.2 Å². The van der Waals surface area contributed by atoms with Gasteiger partial charge in [-0.3, -0.25) is 0 Å². The van der Waals surface area contributed by atoms with E-state index in [0.717, 1.165) is 17.4 Å². The minimum absolute atomic E-state index is 0.0927. The molecule has 0 unspecified atom stereocenters. The van der Waals surface area contributed by atoms with Crippen molar-refractivity contribution in [1.82, 2.24) is 0 Å². The summed E-state index contributed by atoms with van der Waals surface area (Å²) in [6, 6.07) is 5.87. The second kappa shape index (κ2) is 4.50. The Kier molecular flexibility index (Phi) is 3.02. The van der Waals surface area contributed by atoms with Crippen molar-refractivity contribution in [1.29, 1.82) is 0 Å². The van der Waals surface area contributed by atoms with Gasteiger partial charge in [-0.2, -0.15) is 13.2 Å². The smallest absolute Gasteiger partial charge is 0.166 e. The van der Waals surface area contributed by atoms with Crippen molar-refractivity contribution in [3.63, 3.8) is 0 Å². The Hall–Kier alpha value is -0.510. The van der Waals surface area contributed by atoms with E-state index in [-0.39, 0.29) is 4.32 Å². The summed E-state index contributed by atoms with van der Waals surface area (Å²) in [6.45, 7) is 0. The molecule has 4 bridgehead atoms. The van der Waals surface area contributed by atoms with Crippen molar-refractivity contribution in [3.8, 4) is 0 Å². The lowest BCUT2D eigenvalue weighted by molar-refractivity contribution is -0.137. The summed E-state index contributed by atoms with van der Waals surface area (Å²) in [6.07, 6.45) is 2.07. The molecule has 0 nitrogen and oxygen atoms in total. The highest BCUT2D eigenvalue weighted by atomic mass is 79.9. The fraction of sp³-hybridized carbons (Fsp3) is 0.647.